The van der Waals surface area contributed by atoms with Crippen LogP contribution >= 0.6 is 11.3 Å². The van der Waals surface area contributed by atoms with E-state index in [2.05, 4.69) is 15.0 Å². The summed E-state index contributed by atoms with van der Waals surface area (Å²) in [5, 5.41) is 3.18. The molecule has 1 aliphatic heterocycles. The van der Waals surface area contributed by atoms with E-state index in [-0.39, 0.29) is 11.7 Å². The minimum atomic E-state index is -3.42. The first kappa shape index (κ1) is 18.5. The number of benzene rings is 2. The van der Waals surface area contributed by atoms with Crippen LogP contribution in [0.5, 0.6) is 11.5 Å². The topological polar surface area (TPSA) is 107 Å². The van der Waals surface area contributed by atoms with Crippen LogP contribution in [-0.4, -0.2) is 38.3 Å². The zero-order valence-electron chi connectivity index (χ0n) is 14.9. The zero-order valence-corrected chi connectivity index (χ0v) is 16.5. The first-order valence-electron chi connectivity index (χ1n) is 8.55. The van der Waals surface area contributed by atoms with E-state index in [9.17, 15) is 13.2 Å². The van der Waals surface area contributed by atoms with Crippen LogP contribution in [0.15, 0.2) is 36.4 Å². The molecule has 2 N–H and O–H groups in total. The van der Waals surface area contributed by atoms with Gasteiger partial charge in [0, 0.05) is 23.4 Å². The number of carbonyl (C=O) groups excluding carboxylic acids is 1. The summed E-state index contributed by atoms with van der Waals surface area (Å²) in [5.41, 5.74) is 1.36. The van der Waals surface area contributed by atoms with Crippen LogP contribution in [0.4, 0.5) is 10.8 Å². The van der Waals surface area contributed by atoms with Gasteiger partial charge in [0.05, 0.1) is 16.0 Å². The fourth-order valence-corrected chi connectivity index (χ4v) is 4.16. The number of ether oxygens (including phenoxy) is 2. The van der Waals surface area contributed by atoms with Gasteiger partial charge >= 0.3 is 0 Å². The van der Waals surface area contributed by atoms with E-state index in [4.69, 9.17) is 9.47 Å². The molecule has 0 saturated heterocycles. The molecule has 0 unspecified atom stereocenters. The summed E-state index contributed by atoms with van der Waals surface area (Å²) in [4.78, 5) is 17.0. The summed E-state index contributed by atoms with van der Waals surface area (Å²) in [6, 6.07) is 9.92. The number of rotatable bonds is 5. The Hall–Kier alpha value is -2.85. The molecule has 0 bridgehead atoms. The first-order chi connectivity index (χ1) is 13.4. The highest BCUT2D eigenvalue weighted by molar-refractivity contribution is 7.92. The standard InChI is InChI=1S/C18H17N3O5S2/c1-2-28(23,24)21-12-5-3-4-11(8-12)17(22)20-18-19-13-9-14-15(10-16(13)27-18)26-7-6-25-14/h3-5,8-10,21H,2,6-7H2,1H3,(H,19,20,22). The second-order valence-corrected chi connectivity index (χ2v) is 9.06. The van der Waals surface area contributed by atoms with Gasteiger partial charge in [-0.05, 0) is 25.1 Å². The molecule has 0 radical (unpaired) electrons. The van der Waals surface area contributed by atoms with Gasteiger partial charge in [0.2, 0.25) is 10.0 Å². The third-order valence-electron chi connectivity index (χ3n) is 4.05. The Morgan fingerprint density at radius 1 is 1.18 bits per heavy atom. The molecule has 1 amide bonds. The maximum atomic E-state index is 12.6. The van der Waals surface area contributed by atoms with Crippen molar-refractivity contribution in [2.45, 2.75) is 6.92 Å². The van der Waals surface area contributed by atoms with Crippen LogP contribution in [0, 0.1) is 0 Å². The molecule has 3 aromatic rings. The molecule has 0 spiro atoms. The van der Waals surface area contributed by atoms with E-state index in [0.717, 1.165) is 4.70 Å². The molecule has 146 valence electrons. The molecule has 8 nitrogen and oxygen atoms in total. The molecular formula is C18H17N3O5S2. The second-order valence-electron chi connectivity index (χ2n) is 6.02. The maximum absolute atomic E-state index is 12.6. The SMILES string of the molecule is CCS(=O)(=O)Nc1cccc(C(=O)Nc2nc3cc4c(cc3s2)OCCO4)c1. The molecule has 0 saturated carbocycles. The van der Waals surface area contributed by atoms with Crippen LogP contribution in [0.2, 0.25) is 0 Å². The number of thiazole rings is 1. The fourth-order valence-electron chi connectivity index (χ4n) is 2.66. The number of fused-ring (bicyclic) bond motifs is 2. The molecule has 1 aliphatic rings. The lowest BCUT2D eigenvalue weighted by Gasteiger charge is -2.17. The van der Waals surface area contributed by atoms with Crippen LogP contribution in [-0.2, 0) is 10.0 Å². The van der Waals surface area contributed by atoms with Gasteiger partial charge < -0.3 is 9.47 Å². The molecule has 0 aliphatic carbocycles. The molecule has 4 rings (SSSR count). The predicted octanol–water partition coefficient (Wildman–Crippen LogP) is 3.08. The third kappa shape index (κ3) is 3.87. The number of hydrogen-bond donors (Lipinski definition) is 2. The minimum absolute atomic E-state index is 0.0491. The van der Waals surface area contributed by atoms with Crippen molar-refractivity contribution >= 4 is 48.3 Å². The number of anilines is 2. The summed E-state index contributed by atoms with van der Waals surface area (Å²) in [6.45, 7) is 2.53. The van der Waals surface area contributed by atoms with Crippen molar-refractivity contribution in [1.82, 2.24) is 4.98 Å². The summed E-state index contributed by atoms with van der Waals surface area (Å²) in [6.07, 6.45) is 0. The van der Waals surface area contributed by atoms with Gasteiger partial charge in [-0.3, -0.25) is 14.8 Å². The van der Waals surface area contributed by atoms with Gasteiger partial charge in [-0.15, -0.1) is 0 Å². The van der Waals surface area contributed by atoms with Crippen LogP contribution in [0.3, 0.4) is 0 Å². The van der Waals surface area contributed by atoms with E-state index < -0.39 is 10.0 Å². The molecule has 0 fully saturated rings. The number of carbonyl (C=O) groups is 1. The quantitative estimate of drug-likeness (QED) is 0.658. The third-order valence-corrected chi connectivity index (χ3v) is 6.29. The average Bonchev–Trinajstić information content (AvgIpc) is 3.06. The smallest absolute Gasteiger partial charge is 0.257 e. The Labute approximate surface area is 165 Å². The molecule has 2 aromatic carbocycles. The van der Waals surface area contributed by atoms with E-state index >= 15 is 0 Å². The number of hydrogen-bond acceptors (Lipinski definition) is 7. The van der Waals surface area contributed by atoms with Crippen LogP contribution in [0.1, 0.15) is 17.3 Å². The average molecular weight is 419 g/mol. The largest absolute Gasteiger partial charge is 0.486 e. The number of nitrogens with one attached hydrogen (secondary N) is 2. The van der Waals surface area contributed by atoms with Crippen molar-refractivity contribution in [3.63, 3.8) is 0 Å². The van der Waals surface area contributed by atoms with Gasteiger partial charge in [0.25, 0.3) is 5.91 Å². The highest BCUT2D eigenvalue weighted by Crippen LogP contribution is 2.37. The lowest BCUT2D eigenvalue weighted by molar-refractivity contribution is 0.102. The summed E-state index contributed by atoms with van der Waals surface area (Å²) in [7, 11) is -3.42. The summed E-state index contributed by atoms with van der Waals surface area (Å²) >= 11 is 1.32. The Balaban J connectivity index is 1.55. The normalized spacial score (nSPS) is 13.3. The monoisotopic (exact) mass is 419 g/mol. The Morgan fingerprint density at radius 3 is 2.68 bits per heavy atom. The van der Waals surface area contributed by atoms with Crippen molar-refractivity contribution in [2.24, 2.45) is 0 Å². The molecule has 0 atom stereocenters. The lowest BCUT2D eigenvalue weighted by Crippen LogP contribution is -2.16. The maximum Gasteiger partial charge on any atom is 0.257 e. The van der Waals surface area contributed by atoms with Gasteiger partial charge in [-0.1, -0.05) is 17.4 Å². The molecular weight excluding hydrogens is 402 g/mol. The van der Waals surface area contributed by atoms with Crippen molar-refractivity contribution in [2.75, 3.05) is 29.0 Å². The zero-order chi connectivity index (χ0) is 19.7. The number of amides is 1. The number of aromatic nitrogens is 1. The van der Waals surface area contributed by atoms with E-state index in [1.54, 1.807) is 31.2 Å². The van der Waals surface area contributed by atoms with Gasteiger partial charge in [0.1, 0.15) is 13.2 Å². The van der Waals surface area contributed by atoms with Crippen molar-refractivity contribution < 1.29 is 22.7 Å². The number of sulfonamides is 1. The van der Waals surface area contributed by atoms with Gasteiger partial charge in [-0.2, -0.15) is 0 Å². The fraction of sp³-hybridized carbons (Fsp3) is 0.222. The van der Waals surface area contributed by atoms with Gasteiger partial charge in [-0.25, -0.2) is 13.4 Å². The molecule has 2 heterocycles. The van der Waals surface area contributed by atoms with Crippen LogP contribution in [0.25, 0.3) is 10.2 Å². The number of nitrogens with zero attached hydrogens (tertiary/aromatic N) is 1. The first-order valence-corrected chi connectivity index (χ1v) is 11.0. The lowest BCUT2D eigenvalue weighted by atomic mass is 10.2. The predicted molar refractivity (Wildman–Crippen MR) is 108 cm³/mol. The van der Waals surface area contributed by atoms with Gasteiger partial charge in [0.15, 0.2) is 16.6 Å². The highest BCUT2D eigenvalue weighted by atomic mass is 32.2. The Bertz CT molecular complexity index is 1110. The van der Waals surface area contributed by atoms with Crippen molar-refractivity contribution in [3.05, 3.63) is 42.0 Å². The Kier molecular flexibility index (Phi) is 4.82. The van der Waals surface area contributed by atoms with Crippen molar-refractivity contribution in [1.29, 1.82) is 0 Å². The Morgan fingerprint density at radius 2 is 1.93 bits per heavy atom. The van der Waals surface area contributed by atoms with E-state index in [1.807, 2.05) is 6.07 Å². The summed E-state index contributed by atoms with van der Waals surface area (Å²) < 4.78 is 37.8. The molecule has 28 heavy (non-hydrogen) atoms. The van der Waals surface area contributed by atoms with Crippen LogP contribution < -0.4 is 19.5 Å². The van der Waals surface area contributed by atoms with Crippen molar-refractivity contribution in [3.8, 4) is 11.5 Å². The highest BCUT2D eigenvalue weighted by Gasteiger charge is 2.17. The van der Waals surface area contributed by atoms with E-state index in [1.165, 1.54) is 17.4 Å². The molecule has 1 aromatic heterocycles. The summed E-state index contributed by atoms with van der Waals surface area (Å²) in [5.74, 6) is 0.870. The second kappa shape index (κ2) is 7.28. The molecule has 10 heteroatoms. The minimum Gasteiger partial charge on any atom is -0.486 e. The van der Waals surface area contributed by atoms with E-state index in [0.29, 0.717) is 46.6 Å².